The van der Waals surface area contributed by atoms with Gasteiger partial charge in [0.15, 0.2) is 5.11 Å². The lowest BCUT2D eigenvalue weighted by molar-refractivity contribution is 0.210. The summed E-state index contributed by atoms with van der Waals surface area (Å²) >= 11 is 5.57. The Kier molecular flexibility index (Phi) is 6.73. The molecule has 1 aliphatic carbocycles. The van der Waals surface area contributed by atoms with Crippen LogP contribution in [0, 0.1) is 12.8 Å². The Hall–Kier alpha value is -2.07. The van der Waals surface area contributed by atoms with E-state index >= 15 is 0 Å². The van der Waals surface area contributed by atoms with Crippen LogP contribution in [0.5, 0.6) is 5.75 Å². The third-order valence-electron chi connectivity index (χ3n) is 5.19. The molecule has 1 atom stereocenters. The summed E-state index contributed by atoms with van der Waals surface area (Å²) in [4.78, 5) is 0. The number of nitrogens with one attached hydrogen (secondary N) is 2. The van der Waals surface area contributed by atoms with Gasteiger partial charge in [-0.3, -0.25) is 0 Å². The number of hydrogen-bond acceptors (Lipinski definition) is 2. The van der Waals surface area contributed by atoms with Crippen LogP contribution in [0.15, 0.2) is 48.5 Å². The predicted molar refractivity (Wildman–Crippen MR) is 117 cm³/mol. The highest BCUT2D eigenvalue weighted by Crippen LogP contribution is 2.26. The highest BCUT2D eigenvalue weighted by Gasteiger charge is 2.19. The van der Waals surface area contributed by atoms with Crippen LogP contribution < -0.4 is 15.4 Å². The minimum atomic E-state index is 0.177. The SMILES string of the molecule is Cc1ccccc1[C@H](NC(=S)Nc1ccc(OC2CCCC2)cc1)C(C)C. The third-order valence-corrected chi connectivity index (χ3v) is 5.41. The lowest BCUT2D eigenvalue weighted by Gasteiger charge is -2.26. The number of aryl methyl sites for hydroxylation is 1. The van der Waals surface area contributed by atoms with E-state index in [1.54, 1.807) is 0 Å². The Balaban J connectivity index is 1.59. The first-order valence-electron chi connectivity index (χ1n) is 9.92. The minimum absolute atomic E-state index is 0.177. The zero-order valence-corrected chi connectivity index (χ0v) is 17.3. The number of thiocarbonyl (C=S) groups is 1. The first-order chi connectivity index (χ1) is 13.0. The molecule has 1 saturated carbocycles. The number of ether oxygens (including phenoxy) is 1. The Morgan fingerprint density at radius 1 is 1.04 bits per heavy atom. The van der Waals surface area contributed by atoms with E-state index in [9.17, 15) is 0 Å². The van der Waals surface area contributed by atoms with Crippen LogP contribution in [-0.2, 0) is 0 Å². The maximum Gasteiger partial charge on any atom is 0.171 e. The molecule has 4 heteroatoms. The van der Waals surface area contributed by atoms with Gasteiger partial charge in [0.05, 0.1) is 12.1 Å². The first-order valence-corrected chi connectivity index (χ1v) is 10.3. The number of benzene rings is 2. The summed E-state index contributed by atoms with van der Waals surface area (Å²) in [6.45, 7) is 6.57. The summed E-state index contributed by atoms with van der Waals surface area (Å²) in [6, 6.07) is 16.7. The van der Waals surface area contributed by atoms with E-state index in [1.807, 2.05) is 24.3 Å². The molecule has 0 aliphatic heterocycles. The van der Waals surface area contributed by atoms with Gasteiger partial charge < -0.3 is 15.4 Å². The summed E-state index contributed by atoms with van der Waals surface area (Å²) in [5.74, 6) is 1.36. The fourth-order valence-electron chi connectivity index (χ4n) is 3.66. The standard InChI is InChI=1S/C23H30N2OS/c1-16(2)22(21-11-7-4-8-17(21)3)25-23(27)24-18-12-14-20(15-13-18)26-19-9-5-6-10-19/h4,7-8,11-16,19,22H,5-6,9-10H2,1-3H3,(H2,24,25,27)/t22-/m1/s1. The lowest BCUT2D eigenvalue weighted by atomic mass is 9.93. The summed E-state index contributed by atoms with van der Waals surface area (Å²) < 4.78 is 6.03. The fraction of sp³-hybridized carbons (Fsp3) is 0.435. The van der Waals surface area contributed by atoms with Gasteiger partial charge in [-0.1, -0.05) is 38.1 Å². The van der Waals surface area contributed by atoms with Gasteiger partial charge in [-0.15, -0.1) is 0 Å². The highest BCUT2D eigenvalue weighted by molar-refractivity contribution is 7.80. The van der Waals surface area contributed by atoms with Crippen molar-refractivity contribution in [2.24, 2.45) is 5.92 Å². The highest BCUT2D eigenvalue weighted by atomic mass is 32.1. The zero-order chi connectivity index (χ0) is 19.2. The number of hydrogen-bond donors (Lipinski definition) is 2. The molecular weight excluding hydrogens is 352 g/mol. The second-order valence-electron chi connectivity index (χ2n) is 7.73. The van der Waals surface area contributed by atoms with Crippen LogP contribution in [0.3, 0.4) is 0 Å². The van der Waals surface area contributed by atoms with E-state index in [0.717, 1.165) is 11.4 Å². The Morgan fingerprint density at radius 3 is 2.33 bits per heavy atom. The van der Waals surface area contributed by atoms with Crippen LogP contribution in [0.4, 0.5) is 5.69 Å². The van der Waals surface area contributed by atoms with Crippen molar-refractivity contribution in [3.63, 3.8) is 0 Å². The van der Waals surface area contributed by atoms with E-state index in [-0.39, 0.29) is 6.04 Å². The van der Waals surface area contributed by atoms with Gasteiger partial charge in [0, 0.05) is 5.69 Å². The molecule has 0 saturated heterocycles. The van der Waals surface area contributed by atoms with Gasteiger partial charge in [0.1, 0.15) is 5.75 Å². The van der Waals surface area contributed by atoms with Crippen molar-refractivity contribution < 1.29 is 4.74 Å². The molecule has 27 heavy (non-hydrogen) atoms. The lowest BCUT2D eigenvalue weighted by Crippen LogP contribution is -2.35. The predicted octanol–water partition coefficient (Wildman–Crippen LogP) is 6.00. The van der Waals surface area contributed by atoms with E-state index in [0.29, 0.717) is 17.1 Å². The molecule has 2 N–H and O–H groups in total. The molecule has 0 radical (unpaired) electrons. The summed E-state index contributed by atoms with van der Waals surface area (Å²) in [7, 11) is 0. The number of rotatable bonds is 6. The van der Waals surface area contributed by atoms with Gasteiger partial charge in [0.2, 0.25) is 0 Å². The molecule has 1 fully saturated rings. The van der Waals surface area contributed by atoms with Crippen molar-refractivity contribution in [1.82, 2.24) is 5.32 Å². The van der Waals surface area contributed by atoms with E-state index < -0.39 is 0 Å². The van der Waals surface area contributed by atoms with Crippen LogP contribution in [0.1, 0.15) is 56.7 Å². The molecule has 1 aliphatic rings. The summed E-state index contributed by atoms with van der Waals surface area (Å²) in [6.07, 6.45) is 5.28. The summed E-state index contributed by atoms with van der Waals surface area (Å²) in [5.41, 5.74) is 3.54. The molecule has 0 unspecified atom stereocenters. The van der Waals surface area contributed by atoms with Crippen molar-refractivity contribution in [3.8, 4) is 5.75 Å². The van der Waals surface area contributed by atoms with Gasteiger partial charge in [0.25, 0.3) is 0 Å². The van der Waals surface area contributed by atoms with E-state index in [4.69, 9.17) is 17.0 Å². The maximum atomic E-state index is 6.03. The minimum Gasteiger partial charge on any atom is -0.490 e. The largest absolute Gasteiger partial charge is 0.490 e. The molecule has 0 spiro atoms. The molecule has 0 aromatic heterocycles. The molecule has 3 rings (SSSR count). The average molecular weight is 383 g/mol. The average Bonchev–Trinajstić information content (AvgIpc) is 3.15. The fourth-order valence-corrected chi connectivity index (χ4v) is 3.91. The normalized spacial score (nSPS) is 15.6. The van der Waals surface area contributed by atoms with Crippen molar-refractivity contribution in [1.29, 1.82) is 0 Å². The van der Waals surface area contributed by atoms with E-state index in [1.165, 1.54) is 36.8 Å². The second-order valence-corrected chi connectivity index (χ2v) is 8.13. The molecule has 3 nitrogen and oxygen atoms in total. The van der Waals surface area contributed by atoms with Gasteiger partial charge in [-0.25, -0.2) is 0 Å². The maximum absolute atomic E-state index is 6.03. The number of anilines is 1. The quantitative estimate of drug-likeness (QED) is 0.600. The summed E-state index contributed by atoms with van der Waals surface area (Å²) in [5, 5.41) is 7.43. The van der Waals surface area contributed by atoms with Crippen LogP contribution in [0.2, 0.25) is 0 Å². The Morgan fingerprint density at radius 2 is 1.70 bits per heavy atom. The second kappa shape index (κ2) is 9.23. The molecule has 2 aromatic carbocycles. The third kappa shape index (κ3) is 5.46. The molecule has 0 heterocycles. The molecule has 144 valence electrons. The van der Waals surface area contributed by atoms with Crippen LogP contribution in [0.25, 0.3) is 0 Å². The van der Waals surface area contributed by atoms with Gasteiger partial charge in [-0.05, 0) is 86.1 Å². The molecule has 0 bridgehead atoms. The van der Waals surface area contributed by atoms with Crippen molar-refractivity contribution in [3.05, 3.63) is 59.7 Å². The van der Waals surface area contributed by atoms with Crippen molar-refractivity contribution in [2.75, 3.05) is 5.32 Å². The van der Waals surface area contributed by atoms with Crippen molar-refractivity contribution >= 4 is 23.0 Å². The topological polar surface area (TPSA) is 33.3 Å². The monoisotopic (exact) mass is 382 g/mol. The van der Waals surface area contributed by atoms with Crippen LogP contribution in [-0.4, -0.2) is 11.2 Å². The van der Waals surface area contributed by atoms with Crippen LogP contribution >= 0.6 is 12.2 Å². The smallest absolute Gasteiger partial charge is 0.171 e. The van der Waals surface area contributed by atoms with Gasteiger partial charge in [-0.2, -0.15) is 0 Å². The van der Waals surface area contributed by atoms with Gasteiger partial charge >= 0.3 is 0 Å². The van der Waals surface area contributed by atoms with Crippen molar-refractivity contribution in [2.45, 2.75) is 58.6 Å². The first kappa shape index (κ1) is 19.7. The molecular formula is C23H30N2OS. The molecule has 2 aromatic rings. The van der Waals surface area contributed by atoms with E-state index in [2.05, 4.69) is 55.7 Å². The molecule has 0 amide bonds. The zero-order valence-electron chi connectivity index (χ0n) is 16.5. The Labute approximate surface area is 168 Å². The Bertz CT molecular complexity index is 751.